The highest BCUT2D eigenvalue weighted by molar-refractivity contribution is 6.33. The number of fused-ring (bicyclic) bond motifs is 1. The van der Waals surface area contributed by atoms with E-state index in [4.69, 9.17) is 17.3 Å². The highest BCUT2D eigenvalue weighted by Gasteiger charge is 2.10. The summed E-state index contributed by atoms with van der Waals surface area (Å²) in [5, 5.41) is 0.550. The molecule has 3 rings (SSSR count). The second kappa shape index (κ2) is 3.99. The van der Waals surface area contributed by atoms with Gasteiger partial charge in [0.05, 0.1) is 16.4 Å². The van der Waals surface area contributed by atoms with Gasteiger partial charge in [0.25, 0.3) is 0 Å². The van der Waals surface area contributed by atoms with Crippen LogP contribution in [0, 0.1) is 6.92 Å². The Morgan fingerprint density at radius 2 is 2.11 bits per heavy atom. The summed E-state index contributed by atoms with van der Waals surface area (Å²) in [4.78, 5) is 8.83. The Kier molecular flexibility index (Phi) is 2.45. The molecule has 0 unspecified atom stereocenters. The van der Waals surface area contributed by atoms with Gasteiger partial charge in [0.2, 0.25) is 0 Å². The van der Waals surface area contributed by atoms with E-state index in [9.17, 15) is 0 Å². The number of nitrogens with zero attached hydrogens (tertiary/aromatic N) is 3. The summed E-state index contributed by atoms with van der Waals surface area (Å²) >= 11 is 5.93. The second-order valence-electron chi connectivity index (χ2n) is 4.05. The number of anilines is 1. The van der Waals surface area contributed by atoms with E-state index in [0.29, 0.717) is 10.7 Å². The first-order chi connectivity index (χ1) is 8.66. The molecule has 0 aliphatic rings. The molecule has 0 bridgehead atoms. The molecule has 1 aromatic carbocycles. The smallest absolute Gasteiger partial charge is 0.164 e. The molecule has 0 aliphatic carbocycles. The summed E-state index contributed by atoms with van der Waals surface area (Å²) in [5.74, 6) is 0.866. The van der Waals surface area contributed by atoms with Crippen molar-refractivity contribution >= 4 is 28.5 Å². The van der Waals surface area contributed by atoms with E-state index in [1.807, 2.05) is 35.8 Å². The third kappa shape index (κ3) is 1.62. The first-order valence-electron chi connectivity index (χ1n) is 5.52. The van der Waals surface area contributed by atoms with Crippen LogP contribution in [0.5, 0.6) is 0 Å². The summed E-state index contributed by atoms with van der Waals surface area (Å²) in [7, 11) is 0. The molecule has 0 atom stereocenters. The largest absolute Gasteiger partial charge is 0.397 e. The van der Waals surface area contributed by atoms with Crippen LogP contribution in [0.1, 0.15) is 5.82 Å². The van der Waals surface area contributed by atoms with Crippen LogP contribution < -0.4 is 5.73 Å². The van der Waals surface area contributed by atoms with Crippen molar-refractivity contribution in [3.8, 4) is 5.69 Å². The first kappa shape index (κ1) is 11.0. The molecule has 2 heterocycles. The van der Waals surface area contributed by atoms with Crippen LogP contribution in [0.3, 0.4) is 0 Å². The van der Waals surface area contributed by atoms with E-state index < -0.39 is 0 Å². The third-order valence-electron chi connectivity index (χ3n) is 2.82. The number of benzene rings is 1. The van der Waals surface area contributed by atoms with Gasteiger partial charge in [-0.2, -0.15) is 0 Å². The average Bonchev–Trinajstić information content (AvgIpc) is 2.69. The fourth-order valence-corrected chi connectivity index (χ4v) is 2.12. The van der Waals surface area contributed by atoms with E-state index in [1.165, 1.54) is 0 Å². The quantitative estimate of drug-likeness (QED) is 0.683. The summed E-state index contributed by atoms with van der Waals surface area (Å²) in [5.41, 5.74) is 8.98. The van der Waals surface area contributed by atoms with Crippen LogP contribution in [-0.4, -0.2) is 14.5 Å². The summed E-state index contributed by atoms with van der Waals surface area (Å²) in [6.07, 6.45) is 1.75. The zero-order valence-corrected chi connectivity index (χ0v) is 10.5. The maximum atomic E-state index is 5.93. The van der Waals surface area contributed by atoms with E-state index in [1.54, 1.807) is 12.3 Å². The number of aryl methyl sites for hydroxylation is 1. The van der Waals surface area contributed by atoms with Crippen molar-refractivity contribution in [3.63, 3.8) is 0 Å². The molecule has 0 aliphatic heterocycles. The molecule has 2 aromatic heterocycles. The van der Waals surface area contributed by atoms with Crippen LogP contribution in [0.15, 0.2) is 36.5 Å². The van der Waals surface area contributed by atoms with Crippen molar-refractivity contribution in [1.29, 1.82) is 0 Å². The zero-order chi connectivity index (χ0) is 12.7. The van der Waals surface area contributed by atoms with Crippen molar-refractivity contribution < 1.29 is 0 Å². The van der Waals surface area contributed by atoms with Crippen molar-refractivity contribution in [3.05, 3.63) is 47.4 Å². The number of imidazole rings is 1. The third-order valence-corrected chi connectivity index (χ3v) is 3.17. The molecule has 0 fully saturated rings. The SMILES string of the molecule is Cc1nc2cccnc2n1-c1ccc(Cl)c(N)c1. The molecule has 0 spiro atoms. The van der Waals surface area contributed by atoms with E-state index >= 15 is 0 Å². The first-order valence-corrected chi connectivity index (χ1v) is 5.90. The lowest BCUT2D eigenvalue weighted by atomic mass is 10.2. The number of nitrogen functional groups attached to an aromatic ring is 1. The predicted molar refractivity (Wildman–Crippen MR) is 73.0 cm³/mol. The Hall–Kier alpha value is -2.07. The Labute approximate surface area is 109 Å². The molecular formula is C13H11ClN4. The predicted octanol–water partition coefficient (Wildman–Crippen LogP) is 2.96. The Balaban J connectivity index is 2.30. The lowest BCUT2D eigenvalue weighted by Gasteiger charge is -2.07. The van der Waals surface area contributed by atoms with Crippen LogP contribution in [-0.2, 0) is 0 Å². The van der Waals surface area contributed by atoms with Crippen LogP contribution in [0.4, 0.5) is 5.69 Å². The highest BCUT2D eigenvalue weighted by Crippen LogP contribution is 2.25. The second-order valence-corrected chi connectivity index (χ2v) is 4.45. The summed E-state index contributed by atoms with van der Waals surface area (Å²) < 4.78 is 1.96. The zero-order valence-electron chi connectivity index (χ0n) is 9.76. The van der Waals surface area contributed by atoms with E-state index in [-0.39, 0.29) is 0 Å². The standard InChI is InChI=1S/C13H11ClN4/c1-8-17-12-3-2-6-16-13(12)18(8)9-4-5-10(14)11(15)7-9/h2-7H,15H2,1H3. The van der Waals surface area contributed by atoms with E-state index in [0.717, 1.165) is 22.7 Å². The number of hydrogen-bond acceptors (Lipinski definition) is 3. The number of halogens is 1. The number of pyridine rings is 1. The molecule has 18 heavy (non-hydrogen) atoms. The molecule has 5 heteroatoms. The minimum atomic E-state index is 0.548. The highest BCUT2D eigenvalue weighted by atomic mass is 35.5. The number of nitrogens with two attached hydrogens (primary N) is 1. The number of rotatable bonds is 1. The topological polar surface area (TPSA) is 56.7 Å². The average molecular weight is 259 g/mol. The summed E-state index contributed by atoms with van der Waals surface area (Å²) in [6.45, 7) is 1.94. The van der Waals surface area contributed by atoms with Crippen molar-refractivity contribution in [2.75, 3.05) is 5.73 Å². The van der Waals surface area contributed by atoms with Crippen LogP contribution >= 0.6 is 11.6 Å². The minimum Gasteiger partial charge on any atom is -0.397 e. The minimum absolute atomic E-state index is 0.548. The molecule has 3 aromatic rings. The number of aromatic nitrogens is 3. The monoisotopic (exact) mass is 258 g/mol. The molecule has 0 amide bonds. The maximum absolute atomic E-state index is 5.93. The molecule has 0 saturated carbocycles. The van der Waals surface area contributed by atoms with Gasteiger partial charge in [0, 0.05) is 6.20 Å². The molecule has 0 saturated heterocycles. The molecular weight excluding hydrogens is 248 g/mol. The Morgan fingerprint density at radius 1 is 1.28 bits per heavy atom. The number of hydrogen-bond donors (Lipinski definition) is 1. The van der Waals surface area contributed by atoms with Gasteiger partial charge in [-0.15, -0.1) is 0 Å². The molecule has 0 radical (unpaired) electrons. The molecule has 90 valence electrons. The van der Waals surface area contributed by atoms with Crippen LogP contribution in [0.25, 0.3) is 16.9 Å². The molecule has 4 nitrogen and oxygen atoms in total. The fraction of sp³-hybridized carbons (Fsp3) is 0.0769. The van der Waals surface area contributed by atoms with Gasteiger partial charge < -0.3 is 5.73 Å². The summed E-state index contributed by atoms with van der Waals surface area (Å²) in [6, 6.07) is 9.31. The van der Waals surface area contributed by atoms with Crippen molar-refractivity contribution in [1.82, 2.24) is 14.5 Å². The van der Waals surface area contributed by atoms with Crippen molar-refractivity contribution in [2.24, 2.45) is 0 Å². The normalized spacial score (nSPS) is 11.0. The maximum Gasteiger partial charge on any atom is 0.164 e. The van der Waals surface area contributed by atoms with Gasteiger partial charge in [-0.25, -0.2) is 9.97 Å². The van der Waals surface area contributed by atoms with Crippen molar-refractivity contribution in [2.45, 2.75) is 6.92 Å². The lowest BCUT2D eigenvalue weighted by molar-refractivity contribution is 0.988. The lowest BCUT2D eigenvalue weighted by Crippen LogP contribution is -1.99. The van der Waals surface area contributed by atoms with E-state index in [2.05, 4.69) is 9.97 Å². The van der Waals surface area contributed by atoms with Gasteiger partial charge in [-0.1, -0.05) is 11.6 Å². The van der Waals surface area contributed by atoms with Gasteiger partial charge in [0.15, 0.2) is 5.65 Å². The van der Waals surface area contributed by atoms with Gasteiger partial charge in [0.1, 0.15) is 11.3 Å². The van der Waals surface area contributed by atoms with Gasteiger partial charge in [-0.3, -0.25) is 4.57 Å². The van der Waals surface area contributed by atoms with Crippen LogP contribution in [0.2, 0.25) is 5.02 Å². The Bertz CT molecular complexity index is 733. The molecule has 2 N–H and O–H groups in total. The van der Waals surface area contributed by atoms with Gasteiger partial charge in [-0.05, 0) is 37.3 Å². The Morgan fingerprint density at radius 3 is 2.89 bits per heavy atom. The fourth-order valence-electron chi connectivity index (χ4n) is 2.00. The van der Waals surface area contributed by atoms with Gasteiger partial charge >= 0.3 is 0 Å².